The quantitative estimate of drug-likeness (QED) is 0.384. The maximum atomic E-state index is 5.58. The van der Waals surface area contributed by atoms with Crippen LogP contribution in [0.5, 0.6) is 5.75 Å². The van der Waals surface area contributed by atoms with Gasteiger partial charge >= 0.3 is 0 Å². The van der Waals surface area contributed by atoms with Crippen LogP contribution >= 0.6 is 0 Å². The molecule has 27 heavy (non-hydrogen) atoms. The first-order valence-corrected chi connectivity index (χ1v) is 10.7. The van der Waals surface area contributed by atoms with Crippen LogP contribution in [-0.2, 0) is 0 Å². The summed E-state index contributed by atoms with van der Waals surface area (Å²) < 4.78 is 5.58. The smallest absolute Gasteiger partial charge is 0.119 e. The van der Waals surface area contributed by atoms with Crippen LogP contribution in [0.2, 0.25) is 0 Å². The molecule has 0 N–H and O–H groups in total. The Labute approximate surface area is 166 Å². The largest absolute Gasteiger partial charge is 0.494 e. The van der Waals surface area contributed by atoms with E-state index < -0.39 is 0 Å². The Balaban J connectivity index is 1.69. The highest BCUT2D eigenvalue weighted by Crippen LogP contribution is 2.31. The van der Waals surface area contributed by atoms with Crippen molar-refractivity contribution >= 4 is 0 Å². The molecule has 1 nitrogen and oxygen atoms in total. The van der Waals surface area contributed by atoms with E-state index in [4.69, 9.17) is 4.74 Å². The van der Waals surface area contributed by atoms with Crippen molar-refractivity contribution in [1.29, 1.82) is 0 Å². The Kier molecular flexibility index (Phi) is 10.3. The first kappa shape index (κ1) is 21.2. The number of ether oxygens (including phenoxy) is 1. The summed E-state index contributed by atoms with van der Waals surface area (Å²) >= 11 is 0. The molecule has 1 aliphatic rings. The third-order valence-corrected chi connectivity index (χ3v) is 5.14. The summed E-state index contributed by atoms with van der Waals surface area (Å²) in [6.45, 7) is 5.14. The van der Waals surface area contributed by atoms with E-state index in [1.165, 1.54) is 51.4 Å². The number of allylic oxidation sites excluding steroid dienone is 2. The van der Waals surface area contributed by atoms with Crippen LogP contribution in [0.15, 0.2) is 36.4 Å². The van der Waals surface area contributed by atoms with Crippen molar-refractivity contribution in [2.45, 2.75) is 71.6 Å². The number of rotatable bonds is 7. The fourth-order valence-electron chi connectivity index (χ4n) is 3.51. The normalized spacial score (nSPS) is 19.0. The summed E-state index contributed by atoms with van der Waals surface area (Å²) in [5, 5.41) is 0. The number of unbranched alkanes of at least 4 members (excludes halogenated alkanes) is 2. The van der Waals surface area contributed by atoms with Crippen LogP contribution in [-0.4, -0.2) is 6.61 Å². The molecule has 1 aromatic rings. The third kappa shape index (κ3) is 8.88. The van der Waals surface area contributed by atoms with Gasteiger partial charge in [-0.3, -0.25) is 0 Å². The molecule has 0 heterocycles. The molecule has 0 atom stereocenters. The number of hydrogen-bond acceptors (Lipinski definition) is 1. The molecule has 0 aliphatic heterocycles. The van der Waals surface area contributed by atoms with Gasteiger partial charge < -0.3 is 4.74 Å². The summed E-state index contributed by atoms with van der Waals surface area (Å²) in [5.41, 5.74) is 0.998. The molecule has 1 saturated carbocycles. The molecule has 0 bridgehead atoms. The van der Waals surface area contributed by atoms with Crippen molar-refractivity contribution in [2.24, 2.45) is 11.8 Å². The van der Waals surface area contributed by atoms with Crippen LogP contribution in [0.25, 0.3) is 0 Å². The fourth-order valence-corrected chi connectivity index (χ4v) is 3.51. The fraction of sp³-hybridized carbons (Fsp3) is 0.538. The minimum absolute atomic E-state index is 0.584. The Morgan fingerprint density at radius 1 is 0.926 bits per heavy atom. The van der Waals surface area contributed by atoms with Crippen molar-refractivity contribution in [3.8, 4) is 29.4 Å². The molecule has 1 aromatic carbocycles. The van der Waals surface area contributed by atoms with E-state index in [-0.39, 0.29) is 0 Å². The van der Waals surface area contributed by atoms with Gasteiger partial charge in [0.05, 0.1) is 6.61 Å². The summed E-state index contributed by atoms with van der Waals surface area (Å²) in [6.07, 6.45) is 15.6. The average molecular weight is 363 g/mol. The highest BCUT2D eigenvalue weighted by molar-refractivity contribution is 5.40. The Hall–Kier alpha value is -2.12. The van der Waals surface area contributed by atoms with Crippen LogP contribution in [0, 0.1) is 35.5 Å². The number of benzene rings is 1. The predicted octanol–water partition coefficient (Wildman–Crippen LogP) is 6.77. The lowest BCUT2D eigenvalue weighted by Crippen LogP contribution is -2.13. The van der Waals surface area contributed by atoms with E-state index in [0.717, 1.165) is 30.3 Å². The molecule has 0 unspecified atom stereocenters. The molecular weight excluding hydrogens is 328 g/mol. The molecule has 0 spiro atoms. The Morgan fingerprint density at radius 3 is 2.37 bits per heavy atom. The Bertz CT molecular complexity index is 667. The van der Waals surface area contributed by atoms with E-state index in [1.807, 2.05) is 36.4 Å². The molecule has 1 fully saturated rings. The number of hydrogen-bond donors (Lipinski definition) is 0. The second-order valence-electron chi connectivity index (χ2n) is 7.48. The first-order chi connectivity index (χ1) is 13.3. The van der Waals surface area contributed by atoms with Gasteiger partial charge in [-0.25, -0.2) is 0 Å². The Morgan fingerprint density at radius 2 is 1.67 bits per heavy atom. The lowest BCUT2D eigenvalue weighted by atomic mass is 9.80. The van der Waals surface area contributed by atoms with Gasteiger partial charge in [0.25, 0.3) is 0 Å². The van der Waals surface area contributed by atoms with Gasteiger partial charge in [-0.05, 0) is 74.4 Å². The van der Waals surface area contributed by atoms with Crippen LogP contribution in [0.3, 0.4) is 0 Å². The van der Waals surface area contributed by atoms with Crippen molar-refractivity contribution in [2.75, 3.05) is 6.61 Å². The predicted molar refractivity (Wildman–Crippen MR) is 116 cm³/mol. The zero-order chi connectivity index (χ0) is 19.2. The SMILES string of the molecule is CCCCCC1CCC(C#C/C=C/C#Cc2ccc(OCCC)cc2)CC1. The zero-order valence-corrected chi connectivity index (χ0v) is 17.1. The second-order valence-corrected chi connectivity index (χ2v) is 7.48. The van der Waals surface area contributed by atoms with Gasteiger partial charge in [0.15, 0.2) is 0 Å². The van der Waals surface area contributed by atoms with Crippen molar-refractivity contribution in [3.05, 3.63) is 42.0 Å². The molecule has 0 radical (unpaired) electrons. The van der Waals surface area contributed by atoms with Crippen LogP contribution in [0.4, 0.5) is 0 Å². The van der Waals surface area contributed by atoms with Gasteiger partial charge in [-0.1, -0.05) is 63.2 Å². The van der Waals surface area contributed by atoms with Gasteiger partial charge in [0.1, 0.15) is 5.75 Å². The average Bonchev–Trinajstić information content (AvgIpc) is 2.71. The molecule has 1 heteroatoms. The summed E-state index contributed by atoms with van der Waals surface area (Å²) in [6, 6.07) is 7.94. The zero-order valence-electron chi connectivity index (χ0n) is 17.1. The maximum absolute atomic E-state index is 5.58. The lowest BCUT2D eigenvalue weighted by Gasteiger charge is -2.25. The topological polar surface area (TPSA) is 9.23 Å². The highest BCUT2D eigenvalue weighted by atomic mass is 16.5. The van der Waals surface area contributed by atoms with Crippen molar-refractivity contribution < 1.29 is 4.74 Å². The molecular formula is C26H34O. The minimum Gasteiger partial charge on any atom is -0.494 e. The van der Waals surface area contributed by atoms with E-state index in [2.05, 4.69) is 37.5 Å². The summed E-state index contributed by atoms with van der Waals surface area (Å²) in [4.78, 5) is 0. The van der Waals surface area contributed by atoms with Gasteiger partial charge in [0.2, 0.25) is 0 Å². The first-order valence-electron chi connectivity index (χ1n) is 10.7. The standard InChI is InChI=1S/C26H34O/c1-3-5-8-11-23-14-16-24(17-15-23)12-9-6-7-10-13-25-18-20-26(21-19-25)27-22-4-2/h6-7,18-21,23-24H,3-5,8,11,14-17,22H2,1-2H3/b7-6+. The van der Waals surface area contributed by atoms with Crippen molar-refractivity contribution in [3.63, 3.8) is 0 Å². The van der Waals surface area contributed by atoms with E-state index in [9.17, 15) is 0 Å². The minimum atomic E-state index is 0.584. The molecule has 0 aromatic heterocycles. The van der Waals surface area contributed by atoms with E-state index >= 15 is 0 Å². The lowest BCUT2D eigenvalue weighted by molar-refractivity contribution is 0.294. The molecule has 0 saturated heterocycles. The van der Waals surface area contributed by atoms with Crippen molar-refractivity contribution in [1.82, 2.24) is 0 Å². The highest BCUT2D eigenvalue weighted by Gasteiger charge is 2.19. The van der Waals surface area contributed by atoms with Gasteiger partial charge in [-0.2, -0.15) is 0 Å². The van der Waals surface area contributed by atoms with Gasteiger partial charge in [0, 0.05) is 11.5 Å². The molecule has 1 aliphatic carbocycles. The molecule has 0 amide bonds. The van der Waals surface area contributed by atoms with E-state index in [0.29, 0.717) is 5.92 Å². The van der Waals surface area contributed by atoms with Crippen LogP contribution in [0.1, 0.15) is 77.2 Å². The summed E-state index contributed by atoms with van der Waals surface area (Å²) in [5.74, 6) is 15.2. The molecule has 144 valence electrons. The van der Waals surface area contributed by atoms with Gasteiger partial charge in [-0.15, -0.1) is 0 Å². The monoisotopic (exact) mass is 362 g/mol. The maximum Gasteiger partial charge on any atom is 0.119 e. The third-order valence-electron chi connectivity index (χ3n) is 5.14. The molecule has 2 rings (SSSR count). The van der Waals surface area contributed by atoms with Crippen LogP contribution < -0.4 is 4.74 Å². The second kappa shape index (κ2) is 13.1. The summed E-state index contributed by atoms with van der Waals surface area (Å²) in [7, 11) is 0. The van der Waals surface area contributed by atoms with E-state index in [1.54, 1.807) is 0 Å².